The first-order chi connectivity index (χ1) is 12.3. The summed E-state index contributed by atoms with van der Waals surface area (Å²) in [5.74, 6) is 0. The highest BCUT2D eigenvalue weighted by molar-refractivity contribution is 5.89. The molecule has 25 heavy (non-hydrogen) atoms. The summed E-state index contributed by atoms with van der Waals surface area (Å²) in [5, 5.41) is 5.73. The van der Waals surface area contributed by atoms with Gasteiger partial charge in [-0.25, -0.2) is 4.79 Å². The predicted molar refractivity (Wildman–Crippen MR) is 99.7 cm³/mol. The molecule has 1 heterocycles. The van der Waals surface area contributed by atoms with Crippen molar-refractivity contribution >= 4 is 11.7 Å². The Balaban J connectivity index is 1.41. The summed E-state index contributed by atoms with van der Waals surface area (Å²) in [6.07, 6.45) is 1.01. The van der Waals surface area contributed by atoms with Crippen LogP contribution in [0.2, 0.25) is 0 Å². The Morgan fingerprint density at radius 1 is 0.960 bits per heavy atom. The number of hydrogen-bond acceptors (Lipinski definition) is 3. The standard InChI is InChI=1S/C20H25N3O2/c24-20(21-16-18-4-2-1-3-5-18)22-19-8-6-17(7-9-19)10-11-23-12-14-25-15-13-23/h1-9H,10-16H2,(H2,21,22,24). The van der Waals surface area contributed by atoms with Gasteiger partial charge in [0.05, 0.1) is 13.2 Å². The van der Waals surface area contributed by atoms with E-state index in [-0.39, 0.29) is 6.03 Å². The van der Waals surface area contributed by atoms with E-state index in [4.69, 9.17) is 4.74 Å². The predicted octanol–water partition coefficient (Wildman–Crippen LogP) is 2.88. The third-order valence-corrected chi connectivity index (χ3v) is 4.33. The van der Waals surface area contributed by atoms with E-state index in [1.807, 2.05) is 42.5 Å². The third-order valence-electron chi connectivity index (χ3n) is 4.33. The summed E-state index contributed by atoms with van der Waals surface area (Å²) in [4.78, 5) is 14.4. The summed E-state index contributed by atoms with van der Waals surface area (Å²) in [6, 6.07) is 17.7. The maximum absolute atomic E-state index is 12.0. The number of hydrogen-bond donors (Lipinski definition) is 2. The molecule has 2 aromatic carbocycles. The van der Waals surface area contributed by atoms with Gasteiger partial charge in [-0.1, -0.05) is 42.5 Å². The molecule has 5 nitrogen and oxygen atoms in total. The van der Waals surface area contributed by atoms with Gasteiger partial charge in [0, 0.05) is 31.9 Å². The molecule has 1 fully saturated rings. The highest BCUT2D eigenvalue weighted by Crippen LogP contribution is 2.11. The van der Waals surface area contributed by atoms with Gasteiger partial charge in [0.1, 0.15) is 0 Å². The van der Waals surface area contributed by atoms with Gasteiger partial charge in [0.25, 0.3) is 0 Å². The largest absolute Gasteiger partial charge is 0.379 e. The maximum Gasteiger partial charge on any atom is 0.319 e. The van der Waals surface area contributed by atoms with E-state index in [2.05, 4.69) is 27.7 Å². The fourth-order valence-electron chi connectivity index (χ4n) is 2.82. The maximum atomic E-state index is 12.0. The SMILES string of the molecule is O=C(NCc1ccccc1)Nc1ccc(CCN2CCOCC2)cc1. The number of nitrogens with zero attached hydrogens (tertiary/aromatic N) is 1. The fourth-order valence-corrected chi connectivity index (χ4v) is 2.82. The van der Waals surface area contributed by atoms with Crippen LogP contribution < -0.4 is 10.6 Å². The lowest BCUT2D eigenvalue weighted by atomic mass is 10.1. The van der Waals surface area contributed by atoms with Crippen LogP contribution in [0, 0.1) is 0 Å². The van der Waals surface area contributed by atoms with E-state index in [0.29, 0.717) is 6.54 Å². The molecule has 0 radical (unpaired) electrons. The average molecular weight is 339 g/mol. The minimum Gasteiger partial charge on any atom is -0.379 e. The zero-order valence-electron chi connectivity index (χ0n) is 14.4. The van der Waals surface area contributed by atoms with Gasteiger partial charge in [0.15, 0.2) is 0 Å². The molecule has 1 aliphatic rings. The van der Waals surface area contributed by atoms with E-state index in [0.717, 1.165) is 50.5 Å². The lowest BCUT2D eigenvalue weighted by molar-refractivity contribution is 0.0384. The molecule has 0 unspecified atom stereocenters. The van der Waals surface area contributed by atoms with E-state index >= 15 is 0 Å². The normalized spacial score (nSPS) is 14.9. The number of rotatable bonds is 6. The second-order valence-corrected chi connectivity index (χ2v) is 6.19. The van der Waals surface area contributed by atoms with Gasteiger partial charge >= 0.3 is 6.03 Å². The van der Waals surface area contributed by atoms with Gasteiger partial charge in [-0.15, -0.1) is 0 Å². The Morgan fingerprint density at radius 2 is 1.68 bits per heavy atom. The van der Waals surface area contributed by atoms with Gasteiger partial charge in [0.2, 0.25) is 0 Å². The van der Waals surface area contributed by atoms with Crippen LogP contribution in [-0.2, 0) is 17.7 Å². The van der Waals surface area contributed by atoms with Crippen molar-refractivity contribution in [1.82, 2.24) is 10.2 Å². The molecular formula is C20H25N3O2. The van der Waals surface area contributed by atoms with Gasteiger partial charge in [-0.2, -0.15) is 0 Å². The van der Waals surface area contributed by atoms with Crippen molar-refractivity contribution in [3.8, 4) is 0 Å². The fraction of sp³-hybridized carbons (Fsp3) is 0.350. The molecule has 5 heteroatoms. The second-order valence-electron chi connectivity index (χ2n) is 6.19. The van der Waals surface area contributed by atoms with Crippen molar-refractivity contribution in [3.63, 3.8) is 0 Å². The monoisotopic (exact) mass is 339 g/mol. The van der Waals surface area contributed by atoms with Crippen LogP contribution in [0.4, 0.5) is 10.5 Å². The number of nitrogens with one attached hydrogen (secondary N) is 2. The number of ether oxygens (including phenoxy) is 1. The smallest absolute Gasteiger partial charge is 0.319 e. The van der Waals surface area contributed by atoms with Crippen LogP contribution in [0.15, 0.2) is 54.6 Å². The highest BCUT2D eigenvalue weighted by atomic mass is 16.5. The Morgan fingerprint density at radius 3 is 2.40 bits per heavy atom. The van der Waals surface area contributed by atoms with Gasteiger partial charge in [-0.05, 0) is 29.7 Å². The number of carbonyl (C=O) groups excluding carboxylic acids is 1. The van der Waals surface area contributed by atoms with Crippen LogP contribution in [0.25, 0.3) is 0 Å². The minimum absolute atomic E-state index is 0.190. The molecule has 0 saturated carbocycles. The molecule has 2 N–H and O–H groups in total. The molecule has 2 amide bonds. The zero-order valence-corrected chi connectivity index (χ0v) is 14.4. The van der Waals surface area contributed by atoms with Crippen LogP contribution in [0.5, 0.6) is 0 Å². The average Bonchev–Trinajstić information content (AvgIpc) is 2.67. The van der Waals surface area contributed by atoms with E-state index in [1.54, 1.807) is 0 Å². The number of urea groups is 1. The van der Waals surface area contributed by atoms with Gasteiger partial charge in [-0.3, -0.25) is 4.90 Å². The molecule has 1 saturated heterocycles. The van der Waals surface area contributed by atoms with Crippen molar-refractivity contribution in [2.45, 2.75) is 13.0 Å². The Labute approximate surface area is 149 Å². The highest BCUT2D eigenvalue weighted by Gasteiger charge is 2.09. The second kappa shape index (κ2) is 9.20. The first-order valence-electron chi connectivity index (χ1n) is 8.77. The Hall–Kier alpha value is -2.37. The van der Waals surface area contributed by atoms with Crippen molar-refractivity contribution < 1.29 is 9.53 Å². The number of carbonyl (C=O) groups is 1. The van der Waals surface area contributed by atoms with E-state index in [1.165, 1.54) is 5.56 Å². The van der Waals surface area contributed by atoms with E-state index in [9.17, 15) is 4.79 Å². The zero-order chi connectivity index (χ0) is 17.3. The molecule has 0 spiro atoms. The first-order valence-corrected chi connectivity index (χ1v) is 8.77. The lowest BCUT2D eigenvalue weighted by Crippen LogP contribution is -2.37. The van der Waals surface area contributed by atoms with Crippen molar-refractivity contribution in [3.05, 3.63) is 65.7 Å². The lowest BCUT2D eigenvalue weighted by Gasteiger charge is -2.26. The number of benzene rings is 2. The Bertz CT molecular complexity index is 652. The number of amides is 2. The molecule has 2 aromatic rings. The molecule has 0 bridgehead atoms. The summed E-state index contributed by atoms with van der Waals surface area (Å²) in [7, 11) is 0. The first kappa shape index (κ1) is 17.5. The van der Waals surface area contributed by atoms with Gasteiger partial charge < -0.3 is 15.4 Å². The van der Waals surface area contributed by atoms with Crippen molar-refractivity contribution in [2.75, 3.05) is 38.2 Å². The quantitative estimate of drug-likeness (QED) is 0.851. The van der Waals surface area contributed by atoms with Crippen LogP contribution in [0.1, 0.15) is 11.1 Å². The molecule has 0 aromatic heterocycles. The van der Waals surface area contributed by atoms with Crippen LogP contribution >= 0.6 is 0 Å². The van der Waals surface area contributed by atoms with Crippen LogP contribution in [-0.4, -0.2) is 43.8 Å². The van der Waals surface area contributed by atoms with Crippen molar-refractivity contribution in [1.29, 1.82) is 0 Å². The summed E-state index contributed by atoms with van der Waals surface area (Å²) < 4.78 is 5.36. The third kappa shape index (κ3) is 5.89. The summed E-state index contributed by atoms with van der Waals surface area (Å²) in [6.45, 7) is 5.27. The Kier molecular flexibility index (Phi) is 6.42. The number of morpholine rings is 1. The molecular weight excluding hydrogens is 314 g/mol. The van der Waals surface area contributed by atoms with E-state index < -0.39 is 0 Å². The topological polar surface area (TPSA) is 53.6 Å². The summed E-state index contributed by atoms with van der Waals surface area (Å²) >= 11 is 0. The minimum atomic E-state index is -0.190. The van der Waals surface area contributed by atoms with Crippen molar-refractivity contribution in [2.24, 2.45) is 0 Å². The molecule has 132 valence electrons. The summed E-state index contributed by atoms with van der Waals surface area (Å²) in [5.41, 5.74) is 3.17. The molecule has 1 aliphatic heterocycles. The van der Waals surface area contributed by atoms with Crippen LogP contribution in [0.3, 0.4) is 0 Å². The molecule has 3 rings (SSSR count). The molecule has 0 aliphatic carbocycles. The molecule has 0 atom stereocenters. The number of anilines is 1.